The highest BCUT2D eigenvalue weighted by atomic mass is 32.2. The molecule has 0 bridgehead atoms. The van der Waals surface area contributed by atoms with Crippen molar-refractivity contribution < 1.29 is 32.4 Å². The number of hydrogen-bond donors (Lipinski definition) is 4. The summed E-state index contributed by atoms with van der Waals surface area (Å²) in [5.41, 5.74) is 1.65. The van der Waals surface area contributed by atoms with Gasteiger partial charge in [-0.1, -0.05) is 57.5 Å². The Morgan fingerprint density at radius 3 is 2.39 bits per heavy atom. The molecule has 2 aliphatic heterocycles. The van der Waals surface area contributed by atoms with Gasteiger partial charge in [-0.15, -0.1) is 30.3 Å². The number of ketones is 1. The number of amides is 5. The lowest BCUT2D eigenvalue weighted by Crippen LogP contribution is -2.60. The van der Waals surface area contributed by atoms with Crippen molar-refractivity contribution in [3.63, 3.8) is 0 Å². The van der Waals surface area contributed by atoms with E-state index in [4.69, 9.17) is 6.42 Å². The molecular weight excluding hydrogens is 751 g/mol. The van der Waals surface area contributed by atoms with E-state index in [0.29, 0.717) is 37.1 Å². The van der Waals surface area contributed by atoms with Crippen LogP contribution in [0.2, 0.25) is 0 Å². The van der Waals surface area contributed by atoms with Crippen molar-refractivity contribution >= 4 is 50.7 Å². The Morgan fingerprint density at radius 1 is 1.04 bits per heavy atom. The maximum atomic E-state index is 15.0. The summed E-state index contributed by atoms with van der Waals surface area (Å²) >= 11 is 1.42. The third kappa shape index (κ3) is 8.59. The van der Waals surface area contributed by atoms with E-state index in [9.17, 15) is 32.4 Å². The molecule has 1 saturated carbocycles. The molecule has 0 radical (unpaired) electrons. The molecule has 1 aromatic heterocycles. The van der Waals surface area contributed by atoms with Gasteiger partial charge in [-0.3, -0.25) is 19.2 Å². The van der Waals surface area contributed by atoms with Crippen molar-refractivity contribution in [2.24, 2.45) is 23.2 Å². The number of hydrogen-bond acceptors (Lipinski definition) is 8. The van der Waals surface area contributed by atoms with E-state index in [-0.39, 0.29) is 43.6 Å². The van der Waals surface area contributed by atoms with Crippen LogP contribution < -0.4 is 21.3 Å². The van der Waals surface area contributed by atoms with Gasteiger partial charge in [0.2, 0.25) is 17.6 Å². The Labute approximate surface area is 333 Å². The summed E-state index contributed by atoms with van der Waals surface area (Å²) in [5, 5.41) is 12.4. The minimum atomic E-state index is -3.55. The van der Waals surface area contributed by atoms with Gasteiger partial charge in [-0.2, -0.15) is 0 Å². The van der Waals surface area contributed by atoms with Gasteiger partial charge < -0.3 is 26.2 Å². The number of sulfone groups is 1. The average molecular weight is 804 g/mol. The van der Waals surface area contributed by atoms with Crippen LogP contribution in [0.5, 0.6) is 0 Å². The fourth-order valence-corrected chi connectivity index (χ4v) is 12.5. The van der Waals surface area contributed by atoms with E-state index in [1.54, 1.807) is 16.3 Å². The SMILES string of the molecule is C#CCCC(NC(=O)[C@@H]1[C@H]2CCC[C@H]2CN1C(=O)[C@@H](NC(=O)N[C@H](CC1Cc2sccc2S1(=O)=O)C(C)(C)C)C1Cc2ccccc2C1)C(=O)C(=O)NCC=C. The number of rotatable bonds is 14. The first kappa shape index (κ1) is 41.2. The predicted molar refractivity (Wildman–Crippen MR) is 214 cm³/mol. The number of carbonyl (C=O) groups is 5. The van der Waals surface area contributed by atoms with E-state index in [0.717, 1.165) is 28.8 Å². The van der Waals surface area contributed by atoms with E-state index in [1.165, 1.54) is 17.4 Å². The maximum absolute atomic E-state index is 15.0. The molecule has 2 unspecified atom stereocenters. The zero-order valence-electron chi connectivity index (χ0n) is 32.3. The van der Waals surface area contributed by atoms with E-state index in [2.05, 4.69) is 33.8 Å². The van der Waals surface area contributed by atoms with E-state index >= 15 is 0 Å². The van der Waals surface area contributed by atoms with Crippen LogP contribution in [0, 0.1) is 35.5 Å². The van der Waals surface area contributed by atoms with Gasteiger partial charge in [-0.05, 0) is 84.3 Å². The summed E-state index contributed by atoms with van der Waals surface area (Å²) in [6, 6.07) is 5.32. The predicted octanol–water partition coefficient (Wildman–Crippen LogP) is 3.73. The van der Waals surface area contributed by atoms with Crippen LogP contribution in [-0.4, -0.2) is 85.4 Å². The van der Waals surface area contributed by atoms with Crippen molar-refractivity contribution in [1.82, 2.24) is 26.2 Å². The molecule has 2 aromatic rings. The number of urea groups is 1. The second kappa shape index (κ2) is 16.9. The van der Waals surface area contributed by atoms with Crippen LogP contribution in [0.25, 0.3) is 0 Å². The average Bonchev–Trinajstić information content (AvgIpc) is 3.98. The lowest BCUT2D eigenvalue weighted by molar-refractivity contribution is -0.144. The number of Topliss-reactive ketones (excluding diaryl/α,β-unsaturated/α-hetero) is 1. The first-order valence-electron chi connectivity index (χ1n) is 19.5. The number of terminal acetylenes is 1. The fourth-order valence-electron chi connectivity index (χ4n) is 9.09. The number of likely N-dealkylation sites (tertiary alicyclic amines) is 1. The fraction of sp³-hybridized carbons (Fsp3) is 0.548. The highest BCUT2D eigenvalue weighted by molar-refractivity contribution is 7.92. The number of nitrogens with one attached hydrogen (secondary N) is 4. The maximum Gasteiger partial charge on any atom is 0.315 e. The molecule has 1 saturated heterocycles. The standard InChI is InChI=1S/C42H53N5O7S2/c1-6-8-16-31(37(48)39(50)43-18-7-2)44-38(49)36-30-15-11-14-27(30)24-47(36)40(51)35(28-20-25-12-9-10-13-26(25)21-28)46-41(52)45-34(42(3,4)5)23-29-22-32-33(17-19-55-32)56(29,53)54/h1,7,9-10,12-13,17,19,27-31,34-36H,2,8,11,14-16,18,20-24H2,3-5H3,(H,43,50)(H,44,49)(H2,45,46,52)/t27-,29?,30-,31?,34+,35-,36-/m0/s1. The summed E-state index contributed by atoms with van der Waals surface area (Å²) in [5.74, 6) is -0.557. The zero-order valence-corrected chi connectivity index (χ0v) is 34.0. The van der Waals surface area contributed by atoms with Gasteiger partial charge in [0.1, 0.15) is 12.1 Å². The molecule has 2 aliphatic carbocycles. The third-order valence-corrected chi connectivity index (χ3v) is 15.4. The Bertz CT molecular complexity index is 1990. The molecular formula is C42H53N5O7S2. The molecule has 1 aromatic carbocycles. The molecule has 7 atom stereocenters. The Morgan fingerprint density at radius 2 is 1.75 bits per heavy atom. The zero-order chi connectivity index (χ0) is 40.4. The van der Waals surface area contributed by atoms with Gasteiger partial charge in [0, 0.05) is 36.9 Å². The van der Waals surface area contributed by atoms with Crippen LogP contribution in [0.3, 0.4) is 0 Å². The third-order valence-electron chi connectivity index (χ3n) is 12.1. The number of carbonyl (C=O) groups excluding carboxylic acids is 5. The topological polar surface area (TPSA) is 171 Å². The van der Waals surface area contributed by atoms with Crippen molar-refractivity contribution in [1.29, 1.82) is 0 Å². The van der Waals surface area contributed by atoms with Gasteiger partial charge in [0.25, 0.3) is 5.91 Å². The molecule has 2 fully saturated rings. The van der Waals surface area contributed by atoms with Crippen LogP contribution >= 0.6 is 11.3 Å². The largest absolute Gasteiger partial charge is 0.346 e. The van der Waals surface area contributed by atoms with Crippen molar-refractivity contribution in [2.75, 3.05) is 13.1 Å². The summed E-state index contributed by atoms with van der Waals surface area (Å²) in [6.07, 6.45) is 11.2. The van der Waals surface area contributed by atoms with E-state index in [1.807, 2.05) is 45.0 Å². The van der Waals surface area contributed by atoms with Crippen molar-refractivity contribution in [3.8, 4) is 12.3 Å². The summed E-state index contributed by atoms with van der Waals surface area (Å²) < 4.78 is 26.9. The van der Waals surface area contributed by atoms with Crippen LogP contribution in [0.1, 0.15) is 75.3 Å². The van der Waals surface area contributed by atoms with E-state index < -0.39 is 74.2 Å². The quantitative estimate of drug-likeness (QED) is 0.128. The molecule has 300 valence electrons. The monoisotopic (exact) mass is 803 g/mol. The molecule has 5 amide bonds. The summed E-state index contributed by atoms with van der Waals surface area (Å²) in [7, 11) is -3.55. The van der Waals surface area contributed by atoms with Crippen LogP contribution in [0.15, 0.2) is 53.3 Å². The second-order valence-corrected chi connectivity index (χ2v) is 19.9. The molecule has 14 heteroatoms. The molecule has 4 aliphatic rings. The first-order chi connectivity index (χ1) is 26.6. The number of benzene rings is 1. The Hall–Kier alpha value is -4.48. The van der Waals surface area contributed by atoms with Gasteiger partial charge in [0.05, 0.1) is 16.2 Å². The van der Waals surface area contributed by atoms with Gasteiger partial charge in [0.15, 0.2) is 9.84 Å². The Balaban J connectivity index is 1.24. The molecule has 6 rings (SSSR count). The number of nitrogens with zero attached hydrogens (tertiary/aromatic N) is 1. The Kier molecular flexibility index (Phi) is 12.5. The molecule has 0 spiro atoms. The normalized spacial score (nSPS) is 23.8. The second-order valence-electron chi connectivity index (χ2n) is 16.7. The minimum absolute atomic E-state index is 0.0490. The minimum Gasteiger partial charge on any atom is -0.346 e. The number of thiophene rings is 1. The highest BCUT2D eigenvalue weighted by Gasteiger charge is 2.52. The van der Waals surface area contributed by atoms with Crippen LogP contribution in [0.4, 0.5) is 4.79 Å². The van der Waals surface area contributed by atoms with Crippen molar-refractivity contribution in [3.05, 3.63) is 64.4 Å². The summed E-state index contributed by atoms with van der Waals surface area (Å²) in [4.78, 5) is 72.0. The molecule has 4 N–H and O–H groups in total. The van der Waals surface area contributed by atoms with Gasteiger partial charge >= 0.3 is 6.03 Å². The van der Waals surface area contributed by atoms with Crippen molar-refractivity contribution in [2.45, 2.75) is 113 Å². The summed E-state index contributed by atoms with van der Waals surface area (Å²) in [6.45, 7) is 9.79. The molecule has 12 nitrogen and oxygen atoms in total. The van der Waals surface area contributed by atoms with Crippen LogP contribution in [-0.2, 0) is 48.3 Å². The smallest absolute Gasteiger partial charge is 0.315 e. The lowest BCUT2D eigenvalue weighted by atomic mass is 9.83. The lowest BCUT2D eigenvalue weighted by Gasteiger charge is -2.36. The number of fused-ring (bicyclic) bond motifs is 3. The molecule has 56 heavy (non-hydrogen) atoms. The highest BCUT2D eigenvalue weighted by Crippen LogP contribution is 2.43. The molecule has 3 heterocycles. The first-order valence-corrected chi connectivity index (χ1v) is 22.0. The van der Waals surface area contributed by atoms with Gasteiger partial charge in [-0.25, -0.2) is 13.2 Å².